The molecule has 2 atom stereocenters. The van der Waals surface area contributed by atoms with Crippen LogP contribution in [0.25, 0.3) is 0 Å². The van der Waals surface area contributed by atoms with E-state index in [0.29, 0.717) is 12.1 Å². The molecule has 1 aromatic carbocycles. The SMILES string of the molecule is CCNC(c1ccccc1)C1CN(C)CCN1C. The molecule has 1 N–H and O–H groups in total. The quantitative estimate of drug-likeness (QED) is 0.871. The van der Waals surface area contributed by atoms with Crippen LogP contribution in [0, 0.1) is 0 Å². The second-order valence-corrected chi connectivity index (χ2v) is 5.26. The molecule has 3 heteroatoms. The monoisotopic (exact) mass is 247 g/mol. The lowest BCUT2D eigenvalue weighted by Crippen LogP contribution is -2.55. The van der Waals surface area contributed by atoms with Gasteiger partial charge in [0.05, 0.1) is 0 Å². The number of rotatable bonds is 4. The molecule has 0 radical (unpaired) electrons. The Morgan fingerprint density at radius 3 is 2.61 bits per heavy atom. The summed E-state index contributed by atoms with van der Waals surface area (Å²) < 4.78 is 0. The van der Waals surface area contributed by atoms with Gasteiger partial charge >= 0.3 is 0 Å². The Morgan fingerprint density at radius 2 is 1.94 bits per heavy atom. The molecule has 0 aromatic heterocycles. The number of benzene rings is 1. The smallest absolute Gasteiger partial charge is 0.0490 e. The summed E-state index contributed by atoms with van der Waals surface area (Å²) in [4.78, 5) is 4.91. The minimum Gasteiger partial charge on any atom is -0.309 e. The average Bonchev–Trinajstić information content (AvgIpc) is 2.40. The molecule has 100 valence electrons. The zero-order chi connectivity index (χ0) is 13.0. The predicted molar refractivity (Wildman–Crippen MR) is 76.8 cm³/mol. The molecule has 0 spiro atoms. The minimum absolute atomic E-state index is 0.420. The highest BCUT2D eigenvalue weighted by Crippen LogP contribution is 2.23. The third kappa shape index (κ3) is 3.10. The Bertz CT molecular complexity index is 352. The highest BCUT2D eigenvalue weighted by molar-refractivity contribution is 5.21. The van der Waals surface area contributed by atoms with Crippen molar-refractivity contribution in [2.75, 3.05) is 40.3 Å². The fraction of sp³-hybridized carbons (Fsp3) is 0.600. The van der Waals surface area contributed by atoms with E-state index in [9.17, 15) is 0 Å². The van der Waals surface area contributed by atoms with Gasteiger partial charge in [0, 0.05) is 31.7 Å². The van der Waals surface area contributed by atoms with Crippen LogP contribution in [-0.2, 0) is 0 Å². The number of nitrogens with zero attached hydrogens (tertiary/aromatic N) is 2. The van der Waals surface area contributed by atoms with Gasteiger partial charge < -0.3 is 10.2 Å². The molecule has 1 fully saturated rings. The van der Waals surface area contributed by atoms with Crippen LogP contribution in [0.15, 0.2) is 30.3 Å². The van der Waals surface area contributed by atoms with Crippen LogP contribution in [0.4, 0.5) is 0 Å². The largest absolute Gasteiger partial charge is 0.309 e. The maximum atomic E-state index is 3.65. The lowest BCUT2D eigenvalue weighted by atomic mass is 9.96. The van der Waals surface area contributed by atoms with E-state index < -0.39 is 0 Å². The van der Waals surface area contributed by atoms with Crippen molar-refractivity contribution in [2.24, 2.45) is 0 Å². The van der Waals surface area contributed by atoms with Crippen LogP contribution in [-0.4, -0.2) is 56.1 Å². The summed E-state index contributed by atoms with van der Waals surface area (Å²) in [5.74, 6) is 0. The van der Waals surface area contributed by atoms with Crippen LogP contribution in [0.5, 0.6) is 0 Å². The number of likely N-dealkylation sites (N-methyl/N-ethyl adjacent to an activating group) is 3. The molecular formula is C15H25N3. The maximum absolute atomic E-state index is 3.65. The van der Waals surface area contributed by atoms with Gasteiger partial charge in [0.25, 0.3) is 0 Å². The highest BCUT2D eigenvalue weighted by atomic mass is 15.3. The summed E-state index contributed by atoms with van der Waals surface area (Å²) in [5.41, 5.74) is 1.39. The van der Waals surface area contributed by atoms with Crippen molar-refractivity contribution in [3.63, 3.8) is 0 Å². The second kappa shape index (κ2) is 6.32. The molecular weight excluding hydrogens is 222 g/mol. The molecule has 1 saturated heterocycles. The number of piperazine rings is 1. The molecule has 2 unspecified atom stereocenters. The molecule has 0 aliphatic carbocycles. The van der Waals surface area contributed by atoms with Crippen molar-refractivity contribution in [2.45, 2.75) is 19.0 Å². The van der Waals surface area contributed by atoms with Crippen molar-refractivity contribution < 1.29 is 0 Å². The van der Waals surface area contributed by atoms with E-state index in [4.69, 9.17) is 0 Å². The Balaban J connectivity index is 2.18. The van der Waals surface area contributed by atoms with E-state index in [2.05, 4.69) is 66.5 Å². The molecule has 1 aromatic rings. The van der Waals surface area contributed by atoms with Gasteiger partial charge in [-0.2, -0.15) is 0 Å². The summed E-state index contributed by atoms with van der Waals surface area (Å²) >= 11 is 0. The lowest BCUT2D eigenvalue weighted by Gasteiger charge is -2.42. The van der Waals surface area contributed by atoms with Gasteiger partial charge in [-0.25, -0.2) is 0 Å². The molecule has 3 nitrogen and oxygen atoms in total. The topological polar surface area (TPSA) is 18.5 Å². The van der Waals surface area contributed by atoms with Crippen molar-refractivity contribution in [3.8, 4) is 0 Å². The van der Waals surface area contributed by atoms with E-state index >= 15 is 0 Å². The number of nitrogens with one attached hydrogen (secondary N) is 1. The summed E-state index contributed by atoms with van der Waals surface area (Å²) in [6.45, 7) is 6.63. The first-order valence-corrected chi connectivity index (χ1v) is 6.89. The highest BCUT2D eigenvalue weighted by Gasteiger charge is 2.30. The van der Waals surface area contributed by atoms with Crippen molar-refractivity contribution in [3.05, 3.63) is 35.9 Å². The van der Waals surface area contributed by atoms with Crippen LogP contribution in [0.2, 0.25) is 0 Å². The number of hydrogen-bond donors (Lipinski definition) is 1. The van der Waals surface area contributed by atoms with Gasteiger partial charge in [-0.1, -0.05) is 37.3 Å². The average molecular weight is 247 g/mol. The van der Waals surface area contributed by atoms with E-state index in [1.807, 2.05) is 0 Å². The normalized spacial score (nSPS) is 24.1. The first-order chi connectivity index (χ1) is 8.72. The van der Waals surface area contributed by atoms with Gasteiger partial charge in [0.2, 0.25) is 0 Å². The van der Waals surface area contributed by atoms with E-state index in [1.54, 1.807) is 0 Å². The Kier molecular flexibility index (Phi) is 4.75. The summed E-state index contributed by atoms with van der Waals surface area (Å²) in [5, 5.41) is 3.65. The Morgan fingerprint density at radius 1 is 1.22 bits per heavy atom. The van der Waals surface area contributed by atoms with Gasteiger partial charge in [-0.05, 0) is 26.2 Å². The van der Waals surface area contributed by atoms with E-state index in [0.717, 1.165) is 19.6 Å². The third-order valence-electron chi connectivity index (χ3n) is 3.87. The maximum Gasteiger partial charge on any atom is 0.0490 e. The molecule has 0 bridgehead atoms. The Labute approximate surface area is 111 Å². The fourth-order valence-corrected chi connectivity index (χ4v) is 2.76. The van der Waals surface area contributed by atoms with Crippen LogP contribution in [0.1, 0.15) is 18.5 Å². The molecule has 1 heterocycles. The zero-order valence-electron chi connectivity index (χ0n) is 11.8. The standard InChI is InChI=1S/C15H25N3/c1-4-16-15(13-8-6-5-7-9-13)14-12-17(2)10-11-18(14)3/h5-9,14-16H,4,10-12H2,1-3H3. The minimum atomic E-state index is 0.420. The summed E-state index contributed by atoms with van der Waals surface area (Å²) in [6.07, 6.45) is 0. The van der Waals surface area contributed by atoms with Crippen LogP contribution in [0.3, 0.4) is 0 Å². The second-order valence-electron chi connectivity index (χ2n) is 5.26. The summed E-state index contributed by atoms with van der Waals surface area (Å²) in [6, 6.07) is 11.8. The zero-order valence-corrected chi connectivity index (χ0v) is 11.8. The van der Waals surface area contributed by atoms with Crippen molar-refractivity contribution in [1.82, 2.24) is 15.1 Å². The first-order valence-electron chi connectivity index (χ1n) is 6.89. The predicted octanol–water partition coefficient (Wildman–Crippen LogP) is 1.58. The van der Waals surface area contributed by atoms with Gasteiger partial charge in [0.1, 0.15) is 0 Å². The molecule has 1 aliphatic rings. The van der Waals surface area contributed by atoms with E-state index in [1.165, 1.54) is 12.1 Å². The molecule has 1 aliphatic heterocycles. The van der Waals surface area contributed by atoms with Crippen molar-refractivity contribution >= 4 is 0 Å². The fourth-order valence-electron chi connectivity index (χ4n) is 2.76. The van der Waals surface area contributed by atoms with Crippen LogP contribution < -0.4 is 5.32 Å². The Hall–Kier alpha value is -0.900. The number of hydrogen-bond acceptors (Lipinski definition) is 3. The van der Waals surface area contributed by atoms with E-state index in [-0.39, 0.29) is 0 Å². The van der Waals surface area contributed by atoms with Gasteiger partial charge in [-0.15, -0.1) is 0 Å². The molecule has 0 saturated carbocycles. The molecule has 18 heavy (non-hydrogen) atoms. The van der Waals surface area contributed by atoms with Crippen molar-refractivity contribution in [1.29, 1.82) is 0 Å². The molecule has 2 rings (SSSR count). The summed E-state index contributed by atoms with van der Waals surface area (Å²) in [7, 11) is 4.46. The third-order valence-corrected chi connectivity index (χ3v) is 3.87. The molecule has 0 amide bonds. The van der Waals surface area contributed by atoms with Gasteiger partial charge in [-0.3, -0.25) is 4.90 Å². The van der Waals surface area contributed by atoms with Gasteiger partial charge in [0.15, 0.2) is 0 Å². The first kappa shape index (κ1) is 13.5. The lowest BCUT2D eigenvalue weighted by molar-refractivity contribution is 0.0880. The van der Waals surface area contributed by atoms with Crippen LogP contribution >= 0.6 is 0 Å².